The van der Waals surface area contributed by atoms with Crippen molar-refractivity contribution < 1.29 is 0 Å². The molecule has 0 amide bonds. The Morgan fingerprint density at radius 2 is 2.04 bits per heavy atom. The van der Waals surface area contributed by atoms with Crippen LogP contribution in [-0.2, 0) is 6.54 Å². The lowest BCUT2D eigenvalue weighted by Gasteiger charge is -2.28. The normalized spacial score (nSPS) is 23.6. The number of hydrogen-bond donors (Lipinski definition) is 2. The maximum atomic E-state index is 4.54. The van der Waals surface area contributed by atoms with Crippen molar-refractivity contribution in [1.29, 1.82) is 0 Å². The van der Waals surface area contributed by atoms with E-state index in [-0.39, 0.29) is 0 Å². The molecule has 1 aromatic heterocycles. The number of rotatable bonds is 5. The third kappa shape index (κ3) is 5.56. The van der Waals surface area contributed by atoms with Gasteiger partial charge < -0.3 is 10.6 Å². The fraction of sp³-hybridized carbons (Fsp3) is 0.778. The summed E-state index contributed by atoms with van der Waals surface area (Å²) in [6.07, 6.45) is 5.15. The van der Waals surface area contributed by atoms with Crippen LogP contribution in [0.15, 0.2) is 11.1 Å². The fourth-order valence-corrected chi connectivity index (χ4v) is 3.28. The van der Waals surface area contributed by atoms with Crippen molar-refractivity contribution in [3.05, 3.63) is 17.5 Å². The van der Waals surface area contributed by atoms with Gasteiger partial charge >= 0.3 is 0 Å². The van der Waals surface area contributed by atoms with E-state index in [2.05, 4.69) is 52.2 Å². The van der Waals surface area contributed by atoms with E-state index in [1.54, 1.807) is 0 Å². The van der Waals surface area contributed by atoms with E-state index in [0.29, 0.717) is 12.0 Å². The van der Waals surface area contributed by atoms with Crippen LogP contribution in [0.3, 0.4) is 0 Å². The first-order valence-electron chi connectivity index (χ1n) is 8.96. The first-order chi connectivity index (χ1) is 11.0. The van der Waals surface area contributed by atoms with E-state index in [9.17, 15) is 0 Å². The second kappa shape index (κ2) is 8.37. The minimum atomic E-state index is 0.498. The van der Waals surface area contributed by atoms with E-state index in [4.69, 9.17) is 0 Å². The van der Waals surface area contributed by atoms with Gasteiger partial charge in [-0.25, -0.2) is 0 Å². The topological polar surface area (TPSA) is 54.2 Å². The van der Waals surface area contributed by atoms with E-state index in [0.717, 1.165) is 30.7 Å². The first-order valence-corrected chi connectivity index (χ1v) is 8.96. The molecule has 0 saturated heterocycles. The molecule has 1 fully saturated rings. The summed E-state index contributed by atoms with van der Waals surface area (Å²) in [4.78, 5) is 4.37. The standard InChI is InChI=1S/C18H33N5/c1-13-6-8-17(9-7-13)21-18(19-5)20-11-14(2)12-23-16(4)10-15(3)22-23/h10,13-14,17H,6-9,11-12H2,1-5H3,(H2,19,20,21). The summed E-state index contributed by atoms with van der Waals surface area (Å²) in [6.45, 7) is 10.6. The lowest BCUT2D eigenvalue weighted by Crippen LogP contribution is -2.46. The molecule has 0 aromatic carbocycles. The fourth-order valence-electron chi connectivity index (χ4n) is 3.28. The molecule has 130 valence electrons. The molecule has 0 aliphatic heterocycles. The van der Waals surface area contributed by atoms with Crippen molar-refractivity contribution in [2.45, 2.75) is 66.0 Å². The Morgan fingerprint density at radius 3 is 2.61 bits per heavy atom. The summed E-state index contributed by atoms with van der Waals surface area (Å²) >= 11 is 0. The Kier molecular flexibility index (Phi) is 6.48. The minimum Gasteiger partial charge on any atom is -0.356 e. The van der Waals surface area contributed by atoms with Crippen LogP contribution in [0.5, 0.6) is 0 Å². The Hall–Kier alpha value is -1.52. The summed E-state index contributed by atoms with van der Waals surface area (Å²) in [5.41, 5.74) is 2.32. The Labute approximate surface area is 141 Å². The smallest absolute Gasteiger partial charge is 0.191 e. The lowest BCUT2D eigenvalue weighted by atomic mass is 9.87. The van der Waals surface area contributed by atoms with Crippen LogP contribution in [0.25, 0.3) is 0 Å². The highest BCUT2D eigenvalue weighted by Crippen LogP contribution is 2.23. The summed E-state index contributed by atoms with van der Waals surface area (Å²) < 4.78 is 2.10. The van der Waals surface area contributed by atoms with Crippen molar-refractivity contribution in [3.63, 3.8) is 0 Å². The van der Waals surface area contributed by atoms with Crippen LogP contribution >= 0.6 is 0 Å². The van der Waals surface area contributed by atoms with Gasteiger partial charge in [0.25, 0.3) is 0 Å². The number of aryl methyl sites for hydroxylation is 2. The maximum absolute atomic E-state index is 4.54. The molecule has 23 heavy (non-hydrogen) atoms. The van der Waals surface area contributed by atoms with Gasteiger partial charge in [-0.2, -0.15) is 5.10 Å². The molecule has 5 heteroatoms. The molecule has 2 rings (SSSR count). The van der Waals surface area contributed by atoms with Gasteiger partial charge in [-0.15, -0.1) is 0 Å². The molecule has 1 saturated carbocycles. The largest absolute Gasteiger partial charge is 0.356 e. The molecule has 1 heterocycles. The SMILES string of the molecule is CN=C(NCC(C)Cn1nc(C)cc1C)NC1CCC(C)CC1. The summed E-state index contributed by atoms with van der Waals surface area (Å²) in [6, 6.07) is 2.70. The van der Waals surface area contributed by atoms with Gasteiger partial charge in [-0.1, -0.05) is 13.8 Å². The van der Waals surface area contributed by atoms with Crippen molar-refractivity contribution in [3.8, 4) is 0 Å². The number of aromatic nitrogens is 2. The summed E-state index contributed by atoms with van der Waals surface area (Å²) in [7, 11) is 1.85. The van der Waals surface area contributed by atoms with Gasteiger partial charge in [-0.3, -0.25) is 9.67 Å². The van der Waals surface area contributed by atoms with Gasteiger partial charge in [0.15, 0.2) is 5.96 Å². The molecule has 2 N–H and O–H groups in total. The molecule has 1 aliphatic rings. The summed E-state index contributed by atoms with van der Waals surface area (Å²) in [5.74, 6) is 2.31. The second-order valence-electron chi connectivity index (χ2n) is 7.27. The van der Waals surface area contributed by atoms with Crippen molar-refractivity contribution in [1.82, 2.24) is 20.4 Å². The predicted octanol–water partition coefficient (Wildman–Crippen LogP) is 2.88. The molecule has 0 spiro atoms. The lowest BCUT2D eigenvalue weighted by molar-refractivity contribution is 0.328. The minimum absolute atomic E-state index is 0.498. The number of aliphatic imine (C=N–C) groups is 1. The van der Waals surface area contributed by atoms with Gasteiger partial charge in [0.2, 0.25) is 0 Å². The van der Waals surface area contributed by atoms with Crippen molar-refractivity contribution in [2.24, 2.45) is 16.8 Å². The Morgan fingerprint density at radius 1 is 1.35 bits per heavy atom. The number of nitrogens with one attached hydrogen (secondary N) is 2. The Balaban J connectivity index is 1.75. The monoisotopic (exact) mass is 319 g/mol. The van der Waals surface area contributed by atoms with E-state index >= 15 is 0 Å². The highest BCUT2D eigenvalue weighted by atomic mass is 15.3. The molecule has 1 aromatic rings. The van der Waals surface area contributed by atoms with Crippen molar-refractivity contribution >= 4 is 5.96 Å². The average molecular weight is 319 g/mol. The zero-order valence-corrected chi connectivity index (χ0v) is 15.4. The van der Waals surface area contributed by atoms with Crippen molar-refractivity contribution in [2.75, 3.05) is 13.6 Å². The zero-order chi connectivity index (χ0) is 16.8. The highest BCUT2D eigenvalue weighted by Gasteiger charge is 2.19. The van der Waals surface area contributed by atoms with Gasteiger partial charge in [0, 0.05) is 31.9 Å². The molecular formula is C18H33N5. The summed E-state index contributed by atoms with van der Waals surface area (Å²) in [5, 5.41) is 11.6. The van der Waals surface area contributed by atoms with E-state index in [1.807, 2.05) is 14.0 Å². The van der Waals surface area contributed by atoms with Gasteiger partial charge in [-0.05, 0) is 57.4 Å². The molecule has 5 nitrogen and oxygen atoms in total. The number of guanidine groups is 1. The van der Waals surface area contributed by atoms with Crippen LogP contribution in [0, 0.1) is 25.7 Å². The van der Waals surface area contributed by atoms with Crippen LogP contribution in [0.1, 0.15) is 50.9 Å². The Bertz CT molecular complexity index is 511. The first kappa shape index (κ1) is 17.8. The average Bonchev–Trinajstić information content (AvgIpc) is 2.83. The predicted molar refractivity (Wildman–Crippen MR) is 96.8 cm³/mol. The van der Waals surface area contributed by atoms with E-state index in [1.165, 1.54) is 31.4 Å². The van der Waals surface area contributed by atoms with Crippen LogP contribution < -0.4 is 10.6 Å². The molecule has 1 atom stereocenters. The molecule has 1 unspecified atom stereocenters. The van der Waals surface area contributed by atoms with Gasteiger partial charge in [0.1, 0.15) is 0 Å². The van der Waals surface area contributed by atoms with E-state index < -0.39 is 0 Å². The van der Waals surface area contributed by atoms with Gasteiger partial charge in [0.05, 0.1) is 5.69 Å². The highest BCUT2D eigenvalue weighted by molar-refractivity contribution is 5.79. The second-order valence-corrected chi connectivity index (χ2v) is 7.27. The molecule has 0 radical (unpaired) electrons. The molecule has 1 aliphatic carbocycles. The van der Waals surface area contributed by atoms with Crippen LogP contribution in [0.4, 0.5) is 0 Å². The third-order valence-electron chi connectivity index (χ3n) is 4.79. The quantitative estimate of drug-likeness (QED) is 0.648. The van der Waals surface area contributed by atoms with Crippen LogP contribution in [-0.4, -0.2) is 35.4 Å². The molecular weight excluding hydrogens is 286 g/mol. The number of hydrogen-bond acceptors (Lipinski definition) is 2. The zero-order valence-electron chi connectivity index (χ0n) is 15.4. The number of nitrogens with zero attached hydrogens (tertiary/aromatic N) is 3. The van der Waals surface area contributed by atoms with Crippen LogP contribution in [0.2, 0.25) is 0 Å². The molecule has 0 bridgehead atoms. The maximum Gasteiger partial charge on any atom is 0.191 e. The third-order valence-corrected chi connectivity index (χ3v) is 4.79.